The minimum Gasteiger partial charge on any atom is -0.495 e. The summed E-state index contributed by atoms with van der Waals surface area (Å²) in [4.78, 5) is 28.3. The molecule has 0 aliphatic carbocycles. The highest BCUT2D eigenvalue weighted by Gasteiger charge is 2.33. The quantitative estimate of drug-likeness (QED) is 0.397. The number of hydrogen-bond acceptors (Lipinski definition) is 5. The minimum absolute atomic E-state index is 0.0366. The second-order valence-corrected chi connectivity index (χ2v) is 11.2. The number of carbonyl (C=O) groups excluding carboxylic acids is 2. The summed E-state index contributed by atoms with van der Waals surface area (Å²) in [5, 5.41) is 2.85. The molecule has 0 saturated carbocycles. The van der Waals surface area contributed by atoms with Gasteiger partial charge in [-0.1, -0.05) is 60.2 Å². The van der Waals surface area contributed by atoms with Crippen LogP contribution in [0.25, 0.3) is 0 Å². The molecule has 3 aromatic carbocycles. The van der Waals surface area contributed by atoms with Gasteiger partial charge in [0.15, 0.2) is 0 Å². The summed E-state index contributed by atoms with van der Waals surface area (Å²) in [7, 11) is -2.71. The normalized spacial score (nSPS) is 12.1. The Morgan fingerprint density at radius 1 is 0.921 bits per heavy atom. The molecule has 0 aliphatic heterocycles. The molecule has 0 unspecified atom stereocenters. The second kappa shape index (κ2) is 12.6. The Labute approximate surface area is 225 Å². The van der Waals surface area contributed by atoms with Crippen LogP contribution in [-0.4, -0.2) is 50.9 Å². The number of carbonyl (C=O) groups is 2. The Hall–Kier alpha value is -3.85. The van der Waals surface area contributed by atoms with Crippen molar-refractivity contribution < 1.29 is 22.7 Å². The Morgan fingerprint density at radius 3 is 2.21 bits per heavy atom. The lowest BCUT2D eigenvalue weighted by atomic mass is 10.1. The van der Waals surface area contributed by atoms with Crippen LogP contribution >= 0.6 is 0 Å². The van der Waals surface area contributed by atoms with Crippen LogP contribution in [0.1, 0.15) is 31.9 Å². The number of methoxy groups -OCH3 is 1. The SMILES string of the molecule is COc1ccccc1N(CC(=O)N(Cc1cccc(C)c1)[C@H](C)C(=O)NC(C)C)S(=O)(=O)c1ccccc1. The first-order valence-corrected chi connectivity index (χ1v) is 13.8. The molecule has 0 aliphatic rings. The van der Waals surface area contributed by atoms with Crippen molar-refractivity contribution in [2.45, 2.75) is 51.2 Å². The number of benzene rings is 3. The number of aryl methyl sites for hydroxylation is 1. The molecule has 38 heavy (non-hydrogen) atoms. The van der Waals surface area contributed by atoms with Gasteiger partial charge in [0.25, 0.3) is 10.0 Å². The minimum atomic E-state index is -4.15. The molecule has 0 saturated heterocycles. The highest BCUT2D eigenvalue weighted by atomic mass is 32.2. The topological polar surface area (TPSA) is 96.0 Å². The van der Waals surface area contributed by atoms with Crippen LogP contribution in [0.3, 0.4) is 0 Å². The molecule has 8 nitrogen and oxygen atoms in total. The summed E-state index contributed by atoms with van der Waals surface area (Å²) in [6, 6.07) is 21.2. The maximum atomic E-state index is 13.9. The van der Waals surface area contributed by atoms with Crippen molar-refractivity contribution in [3.05, 3.63) is 90.0 Å². The molecule has 3 aromatic rings. The fourth-order valence-corrected chi connectivity index (χ4v) is 5.51. The van der Waals surface area contributed by atoms with Gasteiger partial charge in [-0.15, -0.1) is 0 Å². The van der Waals surface area contributed by atoms with E-state index in [0.29, 0.717) is 5.75 Å². The molecule has 0 spiro atoms. The maximum absolute atomic E-state index is 13.9. The number of ether oxygens (including phenoxy) is 1. The van der Waals surface area contributed by atoms with Gasteiger partial charge in [-0.2, -0.15) is 0 Å². The van der Waals surface area contributed by atoms with Gasteiger partial charge in [-0.3, -0.25) is 13.9 Å². The number of rotatable bonds is 11. The third-order valence-electron chi connectivity index (χ3n) is 6.00. The molecule has 1 N–H and O–H groups in total. The van der Waals surface area contributed by atoms with Crippen LogP contribution in [0.5, 0.6) is 5.75 Å². The fourth-order valence-electron chi connectivity index (χ4n) is 4.06. The van der Waals surface area contributed by atoms with E-state index in [9.17, 15) is 18.0 Å². The van der Waals surface area contributed by atoms with Gasteiger partial charge in [0.2, 0.25) is 11.8 Å². The number of sulfonamides is 1. The molecule has 0 radical (unpaired) electrons. The van der Waals surface area contributed by atoms with Gasteiger partial charge < -0.3 is 15.0 Å². The molecular formula is C29H35N3O5S. The van der Waals surface area contributed by atoms with Crippen molar-refractivity contribution in [2.75, 3.05) is 18.0 Å². The Bertz CT molecular complexity index is 1360. The molecule has 2 amide bonds. The standard InChI is InChI=1S/C29H35N3O5S/c1-21(2)30-29(34)23(4)31(19-24-13-11-12-22(3)18-24)28(33)20-32(26-16-9-10-17-27(26)37-5)38(35,36)25-14-7-6-8-15-25/h6-18,21,23H,19-20H2,1-5H3,(H,30,34)/t23-/m1/s1. The fraction of sp³-hybridized carbons (Fsp3) is 0.310. The van der Waals surface area contributed by atoms with Crippen LogP contribution in [0.15, 0.2) is 83.8 Å². The van der Waals surface area contributed by atoms with Gasteiger partial charge in [0.1, 0.15) is 18.3 Å². The van der Waals surface area contributed by atoms with E-state index in [4.69, 9.17) is 4.74 Å². The molecule has 202 valence electrons. The maximum Gasteiger partial charge on any atom is 0.264 e. The molecule has 0 heterocycles. The summed E-state index contributed by atoms with van der Waals surface area (Å²) in [6.07, 6.45) is 0. The largest absolute Gasteiger partial charge is 0.495 e. The van der Waals surface area contributed by atoms with Gasteiger partial charge >= 0.3 is 0 Å². The zero-order valence-corrected chi connectivity index (χ0v) is 23.2. The third kappa shape index (κ3) is 6.92. The van der Waals surface area contributed by atoms with Gasteiger partial charge in [0.05, 0.1) is 17.7 Å². The summed E-state index contributed by atoms with van der Waals surface area (Å²) in [5.41, 5.74) is 2.07. The smallest absolute Gasteiger partial charge is 0.264 e. The van der Waals surface area contributed by atoms with Crippen molar-refractivity contribution in [1.82, 2.24) is 10.2 Å². The summed E-state index contributed by atoms with van der Waals surface area (Å²) in [5.74, 6) is -0.547. The number of para-hydroxylation sites is 2. The summed E-state index contributed by atoms with van der Waals surface area (Å²) in [6.45, 7) is 6.88. The van der Waals surface area contributed by atoms with Crippen LogP contribution in [0.2, 0.25) is 0 Å². The van der Waals surface area contributed by atoms with Gasteiger partial charge in [0, 0.05) is 12.6 Å². The lowest BCUT2D eigenvalue weighted by Crippen LogP contribution is -2.52. The van der Waals surface area contributed by atoms with Crippen LogP contribution in [-0.2, 0) is 26.2 Å². The predicted molar refractivity (Wildman–Crippen MR) is 148 cm³/mol. The molecule has 0 aromatic heterocycles. The molecular weight excluding hydrogens is 502 g/mol. The van der Waals surface area contributed by atoms with E-state index in [-0.39, 0.29) is 29.1 Å². The molecule has 9 heteroatoms. The number of amides is 2. The zero-order chi connectivity index (χ0) is 27.9. The Kier molecular flexibility index (Phi) is 9.52. The summed E-state index contributed by atoms with van der Waals surface area (Å²) >= 11 is 0. The van der Waals surface area contributed by atoms with E-state index >= 15 is 0 Å². The average molecular weight is 538 g/mol. The molecule has 3 rings (SSSR count). The monoisotopic (exact) mass is 537 g/mol. The predicted octanol–water partition coefficient (Wildman–Crippen LogP) is 4.14. The number of anilines is 1. The van der Waals surface area contributed by atoms with Crippen LogP contribution in [0, 0.1) is 6.92 Å². The number of nitrogens with one attached hydrogen (secondary N) is 1. The van der Waals surface area contributed by atoms with Crippen molar-refractivity contribution in [3.8, 4) is 5.75 Å². The molecule has 0 fully saturated rings. The van der Waals surface area contributed by atoms with Crippen molar-refractivity contribution in [2.24, 2.45) is 0 Å². The third-order valence-corrected chi connectivity index (χ3v) is 7.77. The number of hydrogen-bond donors (Lipinski definition) is 1. The first kappa shape index (κ1) is 28.7. The van der Waals surface area contributed by atoms with Crippen LogP contribution < -0.4 is 14.4 Å². The highest BCUT2D eigenvalue weighted by molar-refractivity contribution is 7.92. The molecule has 0 bridgehead atoms. The second-order valence-electron chi connectivity index (χ2n) is 9.35. The van der Waals surface area contributed by atoms with E-state index < -0.39 is 28.5 Å². The van der Waals surface area contributed by atoms with E-state index in [1.165, 1.54) is 24.1 Å². The van der Waals surface area contributed by atoms with Crippen molar-refractivity contribution in [3.63, 3.8) is 0 Å². The van der Waals surface area contributed by atoms with Crippen molar-refractivity contribution in [1.29, 1.82) is 0 Å². The van der Waals surface area contributed by atoms with Gasteiger partial charge in [-0.25, -0.2) is 8.42 Å². The van der Waals surface area contributed by atoms with Gasteiger partial charge in [-0.05, 0) is 57.5 Å². The zero-order valence-electron chi connectivity index (χ0n) is 22.4. The summed E-state index contributed by atoms with van der Waals surface area (Å²) < 4.78 is 34.1. The van der Waals surface area contributed by atoms with Crippen LogP contribution in [0.4, 0.5) is 5.69 Å². The number of nitrogens with zero attached hydrogens (tertiary/aromatic N) is 2. The highest BCUT2D eigenvalue weighted by Crippen LogP contribution is 2.32. The Morgan fingerprint density at radius 2 is 1.58 bits per heavy atom. The van der Waals surface area contributed by atoms with Crippen molar-refractivity contribution >= 4 is 27.5 Å². The lowest BCUT2D eigenvalue weighted by molar-refractivity contribution is -0.139. The first-order valence-electron chi connectivity index (χ1n) is 12.4. The van der Waals surface area contributed by atoms with E-state index in [0.717, 1.165) is 15.4 Å². The Balaban J connectivity index is 2.06. The van der Waals surface area contributed by atoms with E-state index in [1.807, 2.05) is 45.0 Å². The average Bonchev–Trinajstić information content (AvgIpc) is 2.90. The van der Waals surface area contributed by atoms with E-state index in [2.05, 4.69) is 5.32 Å². The molecule has 1 atom stereocenters. The first-order chi connectivity index (χ1) is 18.0. The lowest BCUT2D eigenvalue weighted by Gasteiger charge is -2.32. The van der Waals surface area contributed by atoms with E-state index in [1.54, 1.807) is 49.4 Å².